The maximum atomic E-state index is 12.4. The molecule has 1 N–H and O–H groups in total. The van der Waals surface area contributed by atoms with Gasteiger partial charge in [-0.25, -0.2) is 10.4 Å². The van der Waals surface area contributed by atoms with E-state index in [1.165, 1.54) is 17.6 Å². The van der Waals surface area contributed by atoms with E-state index in [0.29, 0.717) is 16.3 Å². The van der Waals surface area contributed by atoms with Gasteiger partial charge >= 0.3 is 0 Å². The number of hydrogen-bond donors (Lipinski definition) is 1. The quantitative estimate of drug-likeness (QED) is 0.426. The van der Waals surface area contributed by atoms with Gasteiger partial charge in [0.15, 0.2) is 0 Å². The molecular formula is C20H15N3O2S. The Kier molecular flexibility index (Phi) is 4.33. The van der Waals surface area contributed by atoms with Crippen molar-refractivity contribution in [3.05, 3.63) is 77.0 Å². The summed E-state index contributed by atoms with van der Waals surface area (Å²) in [5.41, 5.74) is 5.00. The van der Waals surface area contributed by atoms with Gasteiger partial charge in [0.25, 0.3) is 5.91 Å². The van der Waals surface area contributed by atoms with Crippen molar-refractivity contribution < 1.29 is 9.21 Å². The zero-order valence-corrected chi connectivity index (χ0v) is 14.8. The van der Waals surface area contributed by atoms with Crippen molar-refractivity contribution in [1.29, 1.82) is 0 Å². The number of amides is 1. The number of nitrogens with zero attached hydrogens (tertiary/aromatic N) is 2. The molecule has 1 amide bonds. The zero-order valence-electron chi connectivity index (χ0n) is 14.0. The van der Waals surface area contributed by atoms with Gasteiger partial charge in [-0.15, -0.1) is 11.3 Å². The molecule has 0 radical (unpaired) electrons. The molecular weight excluding hydrogens is 346 g/mol. The van der Waals surface area contributed by atoms with Crippen molar-refractivity contribution in [3.63, 3.8) is 0 Å². The highest BCUT2D eigenvalue weighted by Gasteiger charge is 2.15. The Morgan fingerprint density at radius 2 is 1.92 bits per heavy atom. The van der Waals surface area contributed by atoms with E-state index in [1.807, 2.05) is 67.6 Å². The van der Waals surface area contributed by atoms with Crippen LogP contribution in [0.15, 0.2) is 70.2 Å². The lowest BCUT2D eigenvalue weighted by Gasteiger charge is -1.96. The summed E-state index contributed by atoms with van der Waals surface area (Å²) in [4.78, 5) is 17.4. The number of aryl methyl sites for hydroxylation is 1. The summed E-state index contributed by atoms with van der Waals surface area (Å²) in [6.45, 7) is 1.82. The van der Waals surface area contributed by atoms with E-state index in [0.717, 1.165) is 21.5 Å². The number of thiazole rings is 1. The Morgan fingerprint density at radius 1 is 1.15 bits per heavy atom. The fourth-order valence-corrected chi connectivity index (χ4v) is 3.54. The summed E-state index contributed by atoms with van der Waals surface area (Å²) >= 11 is 1.35. The molecule has 0 fully saturated rings. The first-order valence-corrected chi connectivity index (χ1v) is 8.87. The van der Waals surface area contributed by atoms with Gasteiger partial charge in [0.05, 0.1) is 11.9 Å². The topological polar surface area (TPSA) is 67.5 Å². The third-order valence-electron chi connectivity index (χ3n) is 3.83. The molecule has 4 rings (SSSR count). The molecule has 2 aromatic carbocycles. The third kappa shape index (κ3) is 3.27. The second-order valence-corrected chi connectivity index (χ2v) is 6.68. The molecule has 0 saturated carbocycles. The van der Waals surface area contributed by atoms with Crippen LogP contribution in [0.4, 0.5) is 0 Å². The number of carbonyl (C=O) groups excluding carboxylic acids is 1. The SMILES string of the molecule is Cc1nc(-c2ccccc2)sc1C(=O)NN=Cc1cc2ccccc2o1. The number of aromatic nitrogens is 1. The number of nitrogens with one attached hydrogen (secondary N) is 1. The summed E-state index contributed by atoms with van der Waals surface area (Å²) in [5.74, 6) is 0.298. The van der Waals surface area contributed by atoms with Gasteiger partial charge in [-0.05, 0) is 19.1 Å². The molecule has 0 atom stereocenters. The van der Waals surface area contributed by atoms with Gasteiger partial charge in [0.2, 0.25) is 0 Å². The van der Waals surface area contributed by atoms with Crippen molar-refractivity contribution in [3.8, 4) is 10.6 Å². The van der Waals surface area contributed by atoms with E-state index < -0.39 is 0 Å². The molecule has 0 aliphatic rings. The van der Waals surface area contributed by atoms with Crippen LogP contribution < -0.4 is 5.43 Å². The van der Waals surface area contributed by atoms with E-state index in [4.69, 9.17) is 4.42 Å². The Bertz CT molecular complexity index is 1060. The molecule has 4 aromatic rings. The second kappa shape index (κ2) is 6.93. The summed E-state index contributed by atoms with van der Waals surface area (Å²) in [6, 6.07) is 19.4. The summed E-state index contributed by atoms with van der Waals surface area (Å²) in [7, 11) is 0. The van der Waals surface area contributed by atoms with Crippen LogP contribution in [0.25, 0.3) is 21.5 Å². The van der Waals surface area contributed by atoms with Crippen molar-refractivity contribution in [2.24, 2.45) is 5.10 Å². The zero-order chi connectivity index (χ0) is 17.9. The maximum Gasteiger partial charge on any atom is 0.283 e. The van der Waals surface area contributed by atoms with Gasteiger partial charge in [-0.3, -0.25) is 4.79 Å². The van der Waals surface area contributed by atoms with Crippen molar-refractivity contribution in [2.75, 3.05) is 0 Å². The normalized spacial score (nSPS) is 11.3. The van der Waals surface area contributed by atoms with E-state index >= 15 is 0 Å². The monoisotopic (exact) mass is 361 g/mol. The third-order valence-corrected chi connectivity index (χ3v) is 5.03. The standard InChI is InChI=1S/C20H15N3O2S/c1-13-18(26-20(22-13)14-7-3-2-4-8-14)19(24)23-21-12-16-11-15-9-5-6-10-17(15)25-16/h2-12H,1H3,(H,23,24). The lowest BCUT2D eigenvalue weighted by atomic mass is 10.2. The molecule has 0 saturated heterocycles. The first-order chi connectivity index (χ1) is 12.7. The van der Waals surface area contributed by atoms with Crippen molar-refractivity contribution in [1.82, 2.24) is 10.4 Å². The smallest absolute Gasteiger partial charge is 0.283 e. The minimum Gasteiger partial charge on any atom is -0.455 e. The number of benzene rings is 2. The second-order valence-electron chi connectivity index (χ2n) is 5.69. The minimum absolute atomic E-state index is 0.283. The minimum atomic E-state index is -0.283. The number of hydrazone groups is 1. The maximum absolute atomic E-state index is 12.4. The van der Waals surface area contributed by atoms with Crippen molar-refractivity contribution >= 4 is 34.4 Å². The molecule has 0 spiro atoms. The van der Waals surface area contributed by atoms with Gasteiger partial charge < -0.3 is 4.42 Å². The van der Waals surface area contributed by atoms with Crippen LogP contribution in [0.1, 0.15) is 21.1 Å². The Balaban J connectivity index is 1.49. The number of furan rings is 1. The summed E-state index contributed by atoms with van der Waals surface area (Å²) in [5, 5.41) is 5.80. The molecule has 2 heterocycles. The molecule has 26 heavy (non-hydrogen) atoms. The van der Waals surface area contributed by atoms with E-state index in [1.54, 1.807) is 0 Å². The number of rotatable bonds is 4. The van der Waals surface area contributed by atoms with Crippen LogP contribution in [0.3, 0.4) is 0 Å². The number of fused-ring (bicyclic) bond motifs is 1. The average Bonchev–Trinajstić information content (AvgIpc) is 3.25. The summed E-state index contributed by atoms with van der Waals surface area (Å²) < 4.78 is 5.63. The van der Waals surface area contributed by atoms with Crippen LogP contribution in [-0.4, -0.2) is 17.1 Å². The molecule has 2 aromatic heterocycles. The predicted molar refractivity (Wildman–Crippen MR) is 104 cm³/mol. The highest BCUT2D eigenvalue weighted by molar-refractivity contribution is 7.17. The lowest BCUT2D eigenvalue weighted by Crippen LogP contribution is -2.17. The van der Waals surface area contributed by atoms with Crippen molar-refractivity contribution in [2.45, 2.75) is 6.92 Å². The predicted octanol–water partition coefficient (Wildman–Crippen LogP) is 4.63. The van der Waals surface area contributed by atoms with Crippen LogP contribution in [0.2, 0.25) is 0 Å². The number of hydrogen-bond acceptors (Lipinski definition) is 5. The van der Waals surface area contributed by atoms with Crippen LogP contribution in [0, 0.1) is 6.92 Å². The van der Waals surface area contributed by atoms with E-state index in [-0.39, 0.29) is 5.91 Å². The Labute approximate surface area is 154 Å². The molecule has 0 bridgehead atoms. The largest absolute Gasteiger partial charge is 0.455 e. The highest BCUT2D eigenvalue weighted by Crippen LogP contribution is 2.27. The summed E-state index contributed by atoms with van der Waals surface area (Å²) in [6.07, 6.45) is 1.49. The van der Waals surface area contributed by atoms with Gasteiger partial charge in [0.1, 0.15) is 21.2 Å². The molecule has 128 valence electrons. The molecule has 5 nitrogen and oxygen atoms in total. The average molecular weight is 361 g/mol. The molecule has 0 aliphatic heterocycles. The van der Waals surface area contributed by atoms with Crippen LogP contribution in [0.5, 0.6) is 0 Å². The van der Waals surface area contributed by atoms with Gasteiger partial charge in [0, 0.05) is 10.9 Å². The Hall–Kier alpha value is -3.25. The fraction of sp³-hybridized carbons (Fsp3) is 0.0500. The van der Waals surface area contributed by atoms with E-state index in [9.17, 15) is 4.79 Å². The Morgan fingerprint density at radius 3 is 2.73 bits per heavy atom. The van der Waals surface area contributed by atoms with Gasteiger partial charge in [-0.1, -0.05) is 48.5 Å². The first kappa shape index (κ1) is 16.2. The molecule has 0 unspecified atom stereocenters. The number of carbonyl (C=O) groups is 1. The van der Waals surface area contributed by atoms with E-state index in [2.05, 4.69) is 15.5 Å². The number of para-hydroxylation sites is 1. The van der Waals surface area contributed by atoms with Gasteiger partial charge in [-0.2, -0.15) is 5.10 Å². The molecule has 6 heteroatoms. The fourth-order valence-electron chi connectivity index (χ4n) is 2.58. The molecule has 0 aliphatic carbocycles. The first-order valence-electron chi connectivity index (χ1n) is 8.05. The van der Waals surface area contributed by atoms with Crippen LogP contribution >= 0.6 is 11.3 Å². The highest BCUT2D eigenvalue weighted by atomic mass is 32.1. The van der Waals surface area contributed by atoms with Crippen LogP contribution in [-0.2, 0) is 0 Å². The lowest BCUT2D eigenvalue weighted by molar-refractivity contribution is 0.0958.